The number of carbonyl (C=O) groups is 3. The van der Waals surface area contributed by atoms with Crippen molar-refractivity contribution >= 4 is 51.1 Å². The molecule has 4 aliphatic rings. The molecule has 3 N–H and O–H groups in total. The summed E-state index contributed by atoms with van der Waals surface area (Å²) in [6.45, 7) is 10.1. The van der Waals surface area contributed by atoms with E-state index < -0.39 is 5.60 Å². The zero-order valence-electron chi connectivity index (χ0n) is 35.3. The Balaban J connectivity index is 0.000000164. The first-order valence-electron chi connectivity index (χ1n) is 21.1. The number of nitrogens with one attached hydrogen (secondary N) is 3. The Morgan fingerprint density at radius 2 is 1.16 bits per heavy atom. The average molecular weight is 853 g/mol. The number of amides is 3. The van der Waals surface area contributed by atoms with Gasteiger partial charge in [-0.3, -0.25) is 9.59 Å². The summed E-state index contributed by atoms with van der Waals surface area (Å²) in [6, 6.07) is 15.2. The van der Waals surface area contributed by atoms with E-state index in [4.69, 9.17) is 14.2 Å². The summed E-state index contributed by atoms with van der Waals surface area (Å²) in [4.78, 5) is 75.6. The molecule has 324 valence electrons. The summed E-state index contributed by atoms with van der Waals surface area (Å²) in [5.41, 5.74) is 6.01. The molecule has 0 atom stereocenters. The molecule has 4 aromatic heterocycles. The number of hydrogen-bond acceptors (Lipinski definition) is 13. The van der Waals surface area contributed by atoms with E-state index in [1.165, 1.54) is 0 Å². The fourth-order valence-corrected chi connectivity index (χ4v) is 7.57. The van der Waals surface area contributed by atoms with Crippen molar-refractivity contribution in [1.29, 1.82) is 0 Å². The number of aromatic nitrogens is 8. The minimum absolute atomic E-state index is 0.0964. The molecule has 18 heteroatoms. The Morgan fingerprint density at radius 3 is 1.67 bits per heavy atom. The number of nitrogens with zero attached hydrogens (tertiary/aromatic N) is 9. The van der Waals surface area contributed by atoms with Gasteiger partial charge < -0.3 is 44.2 Å². The van der Waals surface area contributed by atoms with Gasteiger partial charge in [0.05, 0.1) is 54.8 Å². The molecule has 2 aromatic carbocycles. The van der Waals surface area contributed by atoms with Gasteiger partial charge >= 0.3 is 6.09 Å². The summed E-state index contributed by atoms with van der Waals surface area (Å²) in [5.74, 6) is 1.32. The lowest BCUT2D eigenvalue weighted by atomic mass is 10.1. The van der Waals surface area contributed by atoms with Crippen LogP contribution in [-0.2, 0) is 4.74 Å². The van der Waals surface area contributed by atoms with E-state index in [1.807, 2.05) is 69.3 Å². The van der Waals surface area contributed by atoms with Crippen LogP contribution in [0.1, 0.15) is 66.2 Å². The van der Waals surface area contributed by atoms with Crippen LogP contribution in [0.3, 0.4) is 0 Å². The summed E-state index contributed by atoms with van der Waals surface area (Å²) in [5, 5.41) is 3.34. The first-order valence-corrected chi connectivity index (χ1v) is 21.1. The van der Waals surface area contributed by atoms with Crippen molar-refractivity contribution in [3.63, 3.8) is 0 Å². The lowest BCUT2D eigenvalue weighted by molar-refractivity contribution is 0.0148. The number of rotatable bonds is 8. The second-order valence-corrected chi connectivity index (χ2v) is 16.6. The van der Waals surface area contributed by atoms with Crippen molar-refractivity contribution in [1.82, 2.24) is 59.9 Å². The number of ether oxygens (including phenoxy) is 3. The van der Waals surface area contributed by atoms with Gasteiger partial charge in [-0.05, 0) is 75.6 Å². The number of carbonyl (C=O) groups excluding carboxylic acids is 3. The van der Waals surface area contributed by atoms with Crippen LogP contribution < -0.4 is 14.8 Å². The number of fused-ring (bicyclic) bond motifs is 2. The van der Waals surface area contributed by atoms with Gasteiger partial charge in [0.15, 0.2) is 11.6 Å². The summed E-state index contributed by atoms with van der Waals surface area (Å²) in [7, 11) is 0. The van der Waals surface area contributed by atoms with Crippen LogP contribution in [0.25, 0.3) is 33.2 Å². The van der Waals surface area contributed by atoms with E-state index in [1.54, 1.807) is 39.5 Å². The molecular formula is C45H48N12O6. The van der Waals surface area contributed by atoms with Gasteiger partial charge in [-0.15, -0.1) is 0 Å². The minimum atomic E-state index is -0.560. The zero-order valence-corrected chi connectivity index (χ0v) is 35.3. The Kier molecular flexibility index (Phi) is 11.5. The maximum absolute atomic E-state index is 12.8. The summed E-state index contributed by atoms with van der Waals surface area (Å²) >= 11 is 0. The predicted molar refractivity (Wildman–Crippen MR) is 233 cm³/mol. The fraction of sp³-hybridized carbons (Fsp3) is 0.356. The highest BCUT2D eigenvalue weighted by molar-refractivity contribution is 5.95. The first kappa shape index (κ1) is 41.2. The summed E-state index contributed by atoms with van der Waals surface area (Å²) in [6.07, 6.45) is 11.7. The Labute approximate surface area is 362 Å². The predicted octanol–water partition coefficient (Wildman–Crippen LogP) is 4.91. The highest BCUT2D eigenvalue weighted by atomic mass is 16.6. The van der Waals surface area contributed by atoms with Crippen LogP contribution in [0.15, 0.2) is 85.5 Å². The van der Waals surface area contributed by atoms with Gasteiger partial charge in [0.25, 0.3) is 11.8 Å². The number of benzene rings is 2. The van der Waals surface area contributed by atoms with Gasteiger partial charge in [0.1, 0.15) is 29.2 Å². The van der Waals surface area contributed by atoms with Crippen LogP contribution in [0.5, 0.6) is 11.8 Å². The lowest BCUT2D eigenvalue weighted by Gasteiger charge is -2.38. The van der Waals surface area contributed by atoms with Gasteiger partial charge in [0, 0.05) is 37.9 Å². The highest BCUT2D eigenvalue weighted by Gasteiger charge is 2.37. The smallest absolute Gasteiger partial charge is 0.410 e. The molecule has 8 heterocycles. The number of likely N-dealkylation sites (tertiary alicyclic amines) is 2. The Morgan fingerprint density at radius 1 is 0.651 bits per heavy atom. The molecule has 63 heavy (non-hydrogen) atoms. The van der Waals surface area contributed by atoms with E-state index in [0.717, 1.165) is 58.4 Å². The molecule has 0 unspecified atom stereocenters. The maximum atomic E-state index is 12.8. The van der Waals surface area contributed by atoms with Crippen LogP contribution >= 0.6 is 0 Å². The van der Waals surface area contributed by atoms with Crippen LogP contribution in [0.2, 0.25) is 0 Å². The van der Waals surface area contributed by atoms with Crippen molar-refractivity contribution < 1.29 is 28.6 Å². The van der Waals surface area contributed by atoms with Gasteiger partial charge in [-0.2, -0.15) is 0 Å². The summed E-state index contributed by atoms with van der Waals surface area (Å²) < 4.78 is 17.7. The van der Waals surface area contributed by atoms with Crippen molar-refractivity contribution in [2.75, 3.05) is 52.4 Å². The Bertz CT molecular complexity index is 2640. The molecule has 0 radical (unpaired) electrons. The lowest BCUT2D eigenvalue weighted by Crippen LogP contribution is -2.56. The van der Waals surface area contributed by atoms with E-state index >= 15 is 0 Å². The third kappa shape index (κ3) is 9.35. The molecule has 4 aliphatic heterocycles. The maximum Gasteiger partial charge on any atom is 0.410 e. The third-order valence-electron chi connectivity index (χ3n) is 10.8. The van der Waals surface area contributed by atoms with Gasteiger partial charge in [-0.1, -0.05) is 36.4 Å². The van der Waals surface area contributed by atoms with Gasteiger partial charge in [0.2, 0.25) is 11.8 Å². The van der Waals surface area contributed by atoms with Crippen molar-refractivity contribution in [3.05, 3.63) is 109 Å². The second kappa shape index (κ2) is 17.6. The molecule has 6 aromatic rings. The average Bonchev–Trinajstić information content (AvgIpc) is 3.91. The normalized spacial score (nSPS) is 16.9. The van der Waals surface area contributed by atoms with E-state index in [9.17, 15) is 14.4 Å². The van der Waals surface area contributed by atoms with Crippen LogP contribution in [-0.4, -0.2) is 143 Å². The molecule has 18 nitrogen and oxygen atoms in total. The number of para-hydroxylation sites is 4. The molecular weight excluding hydrogens is 805 g/mol. The SMILES string of the molecule is CC(C)(C)OC(=O)N1CCC=C(c2nccnc2OC2CN(C(=O)c3nc4ccccc4[nH]3)C2)C1.O=C(c1nc2ccccc2[nH]1)N1CC(Oc2nccnc2C2=CCCNC2)C1. The topological polar surface area (TPSA) is 210 Å². The highest BCUT2D eigenvalue weighted by Crippen LogP contribution is 2.30. The number of imidazole rings is 2. The Hall–Kier alpha value is -7.21. The number of hydrogen-bond donors (Lipinski definition) is 3. The molecule has 2 fully saturated rings. The quantitative estimate of drug-likeness (QED) is 0.186. The van der Waals surface area contributed by atoms with Crippen molar-refractivity contribution in [2.45, 2.75) is 51.4 Å². The monoisotopic (exact) mass is 852 g/mol. The zero-order chi connectivity index (χ0) is 43.5. The molecule has 2 saturated heterocycles. The third-order valence-corrected chi connectivity index (χ3v) is 10.8. The molecule has 10 rings (SSSR count). The number of aromatic amines is 2. The number of H-pyrrole nitrogens is 2. The molecule has 0 bridgehead atoms. The van der Waals surface area contributed by atoms with E-state index in [2.05, 4.69) is 57.3 Å². The first-order chi connectivity index (χ1) is 30.5. The van der Waals surface area contributed by atoms with Crippen molar-refractivity contribution in [3.8, 4) is 11.8 Å². The molecule has 0 aliphatic carbocycles. The largest absolute Gasteiger partial charge is 0.469 e. The minimum Gasteiger partial charge on any atom is -0.469 e. The standard InChI is InChI=1S/C25H28N6O4.C20H20N6O2/c1-25(2,3)35-24(33)30-12-6-7-16(13-30)20-22(27-11-10-26-20)34-17-14-31(15-17)23(32)21-28-18-8-4-5-9-19(18)29-21;27-20(18-24-15-5-1-2-6-16(15)25-18)26-11-14(12-26)28-19-17(22-8-9-23-19)13-4-3-7-21-10-13/h4-5,7-11,17H,6,12-15H2,1-3H3,(H,28,29);1-2,4-6,8-9,14,21H,3,7,10-12H2,(H,24,25). The second-order valence-electron chi connectivity index (χ2n) is 16.6. The van der Waals surface area contributed by atoms with Gasteiger partial charge in [-0.25, -0.2) is 34.7 Å². The van der Waals surface area contributed by atoms with Crippen molar-refractivity contribution in [2.24, 2.45) is 0 Å². The fourth-order valence-electron chi connectivity index (χ4n) is 7.57. The van der Waals surface area contributed by atoms with Crippen LogP contribution in [0, 0.1) is 0 Å². The molecule has 0 spiro atoms. The molecule has 0 saturated carbocycles. The van der Waals surface area contributed by atoms with Crippen LogP contribution in [0.4, 0.5) is 4.79 Å². The molecule has 3 amide bonds. The van der Waals surface area contributed by atoms with E-state index in [0.29, 0.717) is 74.8 Å². The van der Waals surface area contributed by atoms with E-state index in [-0.39, 0.29) is 30.1 Å².